The molecule has 0 aromatic heterocycles. The van der Waals surface area contributed by atoms with E-state index < -0.39 is 0 Å². The highest BCUT2D eigenvalue weighted by Gasteiger charge is 2.09. The van der Waals surface area contributed by atoms with Crippen LogP contribution in [0.4, 0.5) is 11.4 Å². The van der Waals surface area contributed by atoms with Gasteiger partial charge in [-0.3, -0.25) is 9.69 Å². The third-order valence-electron chi connectivity index (χ3n) is 2.98. The summed E-state index contributed by atoms with van der Waals surface area (Å²) in [5, 5.41) is 3.22. The maximum absolute atomic E-state index is 12.0. The SMILES string of the molecule is CN(CC(=O)Nc1ccc(N)cc1Cl)Cc1ccccc1. The molecule has 2 rings (SSSR count). The third-order valence-corrected chi connectivity index (χ3v) is 3.29. The molecule has 2 aromatic rings. The average molecular weight is 304 g/mol. The molecular formula is C16H18ClN3O. The van der Waals surface area contributed by atoms with Gasteiger partial charge < -0.3 is 11.1 Å². The Kier molecular flexibility index (Phi) is 5.20. The fourth-order valence-electron chi connectivity index (χ4n) is 2.02. The van der Waals surface area contributed by atoms with Crippen LogP contribution in [0, 0.1) is 0 Å². The van der Waals surface area contributed by atoms with Gasteiger partial charge in [0.2, 0.25) is 5.91 Å². The van der Waals surface area contributed by atoms with Crippen molar-refractivity contribution in [3.63, 3.8) is 0 Å². The Labute approximate surface area is 129 Å². The number of anilines is 2. The van der Waals surface area contributed by atoms with Crippen LogP contribution in [0.5, 0.6) is 0 Å². The van der Waals surface area contributed by atoms with Gasteiger partial charge in [-0.1, -0.05) is 41.9 Å². The number of halogens is 1. The first-order valence-corrected chi connectivity index (χ1v) is 7.00. The van der Waals surface area contributed by atoms with Crippen molar-refractivity contribution in [2.75, 3.05) is 24.6 Å². The van der Waals surface area contributed by atoms with Crippen LogP contribution >= 0.6 is 11.6 Å². The van der Waals surface area contributed by atoms with Gasteiger partial charge in [0.05, 0.1) is 17.3 Å². The van der Waals surface area contributed by atoms with E-state index in [2.05, 4.69) is 5.32 Å². The van der Waals surface area contributed by atoms with Gasteiger partial charge in [-0.05, 0) is 30.8 Å². The molecule has 0 saturated carbocycles. The molecule has 5 heteroatoms. The Morgan fingerprint density at radius 1 is 1.24 bits per heavy atom. The van der Waals surface area contributed by atoms with Crippen molar-refractivity contribution in [1.82, 2.24) is 4.90 Å². The number of hydrogen-bond acceptors (Lipinski definition) is 3. The van der Waals surface area contributed by atoms with E-state index in [-0.39, 0.29) is 12.5 Å². The van der Waals surface area contributed by atoms with Crippen LogP contribution in [0.1, 0.15) is 5.56 Å². The summed E-state index contributed by atoms with van der Waals surface area (Å²) >= 11 is 6.03. The molecule has 0 spiro atoms. The summed E-state index contributed by atoms with van der Waals surface area (Å²) in [4.78, 5) is 13.9. The topological polar surface area (TPSA) is 58.4 Å². The van der Waals surface area contributed by atoms with E-state index in [1.54, 1.807) is 18.2 Å². The van der Waals surface area contributed by atoms with Crippen LogP contribution in [0.2, 0.25) is 5.02 Å². The monoisotopic (exact) mass is 303 g/mol. The van der Waals surface area contributed by atoms with Gasteiger partial charge in [-0.2, -0.15) is 0 Å². The number of hydrogen-bond donors (Lipinski definition) is 2. The van der Waals surface area contributed by atoms with Crippen LogP contribution in [0.15, 0.2) is 48.5 Å². The van der Waals surface area contributed by atoms with Gasteiger partial charge in [0.15, 0.2) is 0 Å². The smallest absolute Gasteiger partial charge is 0.238 e. The summed E-state index contributed by atoms with van der Waals surface area (Å²) in [6, 6.07) is 15.0. The largest absolute Gasteiger partial charge is 0.399 e. The molecule has 1 amide bonds. The predicted octanol–water partition coefficient (Wildman–Crippen LogP) is 2.99. The Morgan fingerprint density at radius 2 is 1.95 bits per heavy atom. The van der Waals surface area contributed by atoms with Crippen molar-refractivity contribution in [2.24, 2.45) is 0 Å². The standard InChI is InChI=1S/C16H18ClN3O/c1-20(10-12-5-3-2-4-6-12)11-16(21)19-15-8-7-13(18)9-14(15)17/h2-9H,10-11,18H2,1H3,(H,19,21). The first-order valence-electron chi connectivity index (χ1n) is 6.62. The molecule has 3 N–H and O–H groups in total. The van der Waals surface area contributed by atoms with E-state index >= 15 is 0 Å². The molecule has 2 aromatic carbocycles. The van der Waals surface area contributed by atoms with Crippen molar-refractivity contribution < 1.29 is 4.79 Å². The van der Waals surface area contributed by atoms with Gasteiger partial charge >= 0.3 is 0 Å². The summed E-state index contributed by atoms with van der Waals surface area (Å²) in [7, 11) is 1.90. The first-order chi connectivity index (χ1) is 10.0. The number of nitrogen functional groups attached to an aromatic ring is 1. The van der Waals surface area contributed by atoms with E-state index in [9.17, 15) is 4.79 Å². The normalized spacial score (nSPS) is 10.6. The third kappa shape index (κ3) is 4.77. The zero-order chi connectivity index (χ0) is 15.2. The molecule has 4 nitrogen and oxygen atoms in total. The molecule has 0 fully saturated rings. The minimum Gasteiger partial charge on any atom is -0.399 e. The van der Waals surface area contributed by atoms with Crippen molar-refractivity contribution in [3.05, 3.63) is 59.1 Å². The Morgan fingerprint density at radius 3 is 2.62 bits per heavy atom. The van der Waals surface area contributed by atoms with Crippen LogP contribution in [-0.4, -0.2) is 24.4 Å². The summed E-state index contributed by atoms with van der Waals surface area (Å²) in [5.74, 6) is -0.111. The van der Waals surface area contributed by atoms with E-state index in [0.717, 1.165) is 0 Å². The van der Waals surface area contributed by atoms with Crippen LogP contribution in [0.25, 0.3) is 0 Å². The van der Waals surface area contributed by atoms with Gasteiger partial charge in [-0.25, -0.2) is 0 Å². The first kappa shape index (κ1) is 15.4. The Hall–Kier alpha value is -2.04. The molecule has 0 atom stereocenters. The minimum atomic E-state index is -0.111. The quantitative estimate of drug-likeness (QED) is 0.835. The second-order valence-electron chi connectivity index (χ2n) is 4.95. The number of carbonyl (C=O) groups is 1. The molecule has 0 aliphatic rings. The second-order valence-corrected chi connectivity index (χ2v) is 5.35. The summed E-state index contributed by atoms with van der Waals surface area (Å²) in [6.07, 6.45) is 0. The summed E-state index contributed by atoms with van der Waals surface area (Å²) < 4.78 is 0. The number of nitrogens with two attached hydrogens (primary N) is 1. The summed E-state index contributed by atoms with van der Waals surface area (Å²) in [5.41, 5.74) is 7.93. The maximum Gasteiger partial charge on any atom is 0.238 e. The zero-order valence-corrected chi connectivity index (χ0v) is 12.6. The number of rotatable bonds is 5. The van der Waals surface area contributed by atoms with Gasteiger partial charge in [0.25, 0.3) is 0 Å². The molecule has 0 aliphatic carbocycles. The molecule has 0 heterocycles. The molecule has 0 saturated heterocycles. The molecule has 0 aliphatic heterocycles. The molecule has 21 heavy (non-hydrogen) atoms. The molecule has 110 valence electrons. The van der Waals surface area contributed by atoms with Gasteiger partial charge in [-0.15, -0.1) is 0 Å². The number of nitrogens with one attached hydrogen (secondary N) is 1. The van der Waals surface area contributed by atoms with Crippen molar-refractivity contribution >= 4 is 28.9 Å². The summed E-state index contributed by atoms with van der Waals surface area (Å²) in [6.45, 7) is 0.999. The van der Waals surface area contributed by atoms with E-state index in [1.165, 1.54) is 5.56 Å². The zero-order valence-electron chi connectivity index (χ0n) is 11.8. The maximum atomic E-state index is 12.0. The van der Waals surface area contributed by atoms with E-state index in [1.807, 2.05) is 42.3 Å². The number of carbonyl (C=O) groups excluding carboxylic acids is 1. The highest BCUT2D eigenvalue weighted by molar-refractivity contribution is 6.34. The number of nitrogens with zero attached hydrogens (tertiary/aromatic N) is 1. The van der Waals surface area contributed by atoms with E-state index in [4.69, 9.17) is 17.3 Å². The van der Waals surface area contributed by atoms with Crippen molar-refractivity contribution in [3.8, 4) is 0 Å². The lowest BCUT2D eigenvalue weighted by atomic mass is 10.2. The number of likely N-dealkylation sites (N-methyl/N-ethyl adjacent to an activating group) is 1. The average Bonchev–Trinajstić information content (AvgIpc) is 2.43. The highest BCUT2D eigenvalue weighted by Crippen LogP contribution is 2.23. The highest BCUT2D eigenvalue weighted by atomic mass is 35.5. The lowest BCUT2D eigenvalue weighted by molar-refractivity contribution is -0.117. The Balaban J connectivity index is 1.89. The Bertz CT molecular complexity index is 616. The van der Waals surface area contributed by atoms with Gasteiger partial charge in [0, 0.05) is 12.2 Å². The van der Waals surface area contributed by atoms with Crippen LogP contribution < -0.4 is 11.1 Å². The fourth-order valence-corrected chi connectivity index (χ4v) is 2.25. The van der Waals surface area contributed by atoms with E-state index in [0.29, 0.717) is 22.9 Å². The lowest BCUT2D eigenvalue weighted by Gasteiger charge is -2.16. The van der Waals surface area contributed by atoms with Crippen LogP contribution in [-0.2, 0) is 11.3 Å². The number of benzene rings is 2. The van der Waals surface area contributed by atoms with Crippen molar-refractivity contribution in [2.45, 2.75) is 6.54 Å². The number of amides is 1. The van der Waals surface area contributed by atoms with Crippen LogP contribution in [0.3, 0.4) is 0 Å². The second kappa shape index (κ2) is 7.11. The van der Waals surface area contributed by atoms with Gasteiger partial charge in [0.1, 0.15) is 0 Å². The van der Waals surface area contributed by atoms with Crippen molar-refractivity contribution in [1.29, 1.82) is 0 Å². The fraction of sp³-hybridized carbons (Fsp3) is 0.188. The lowest BCUT2D eigenvalue weighted by Crippen LogP contribution is -2.29. The molecule has 0 radical (unpaired) electrons. The molecule has 0 bridgehead atoms. The molecule has 0 unspecified atom stereocenters. The predicted molar refractivity (Wildman–Crippen MR) is 87.3 cm³/mol. The molecular weight excluding hydrogens is 286 g/mol. The minimum absolute atomic E-state index is 0.111.